The van der Waals surface area contributed by atoms with E-state index in [0.29, 0.717) is 85.1 Å². The molecule has 3 fully saturated rings. The van der Waals surface area contributed by atoms with Gasteiger partial charge < -0.3 is 34.2 Å². The van der Waals surface area contributed by atoms with Gasteiger partial charge in [-0.3, -0.25) is 33.6 Å². The van der Waals surface area contributed by atoms with Crippen molar-refractivity contribution < 1.29 is 33.6 Å². The summed E-state index contributed by atoms with van der Waals surface area (Å²) in [6, 6.07) is 52.0. The molecule has 0 N–H and O–H groups in total. The lowest BCUT2D eigenvalue weighted by Gasteiger charge is -2.40. The molecule has 9 aromatic rings. The molecule has 3 aliphatic heterocycles. The lowest BCUT2D eigenvalue weighted by atomic mass is 10.1. The van der Waals surface area contributed by atoms with E-state index in [2.05, 4.69) is 25.9 Å². The third kappa shape index (κ3) is 15.7. The molecule has 0 spiro atoms. The average molecular weight is 1250 g/mol. The predicted octanol–water partition coefficient (Wildman–Crippen LogP) is 11.0. The van der Waals surface area contributed by atoms with Crippen LogP contribution in [0.2, 0.25) is 4.47 Å². The van der Waals surface area contributed by atoms with Crippen LogP contribution in [0.3, 0.4) is 0 Å². The standard InChI is InChI=1S/C22H20N4O2S.C21H19N3O3S.C15H17N3O2.C7H4ClNS.CH4/c1-15-14-25(21(27)16-7-3-2-4-8-16)11-12-26(15)22(28)17(13-23)20-24-18-9-5-6-10-19(18)29-20;1-14-13-23(20(26)15-7-3-2-4-8-15)11-12-24(14)21(27)18(25)19-22-16-9-5-6-10-17(16)28-19;1-12-11-17(8-9-18(12)14(19)10-16-2)15(20)13-6-4-3-5-7-13;8-7-9-5-3-1-2-4-6(5)10-7;/h2-10,15,17H,11-12,14H2,1H3;2-10,14H,11-13H2,1H3;3-7,12H,8-11H2,1H3;1-4H;1H4/t15-,17?;14-;12-;;/m111../s1. The van der Waals surface area contributed by atoms with E-state index in [1.165, 1.54) is 34.0 Å². The number of fused-ring (bicyclic) bond motifs is 3. The molecule has 450 valence electrons. The number of para-hydroxylation sites is 3. The maximum atomic E-state index is 13.1. The van der Waals surface area contributed by atoms with Gasteiger partial charge in [-0.1, -0.05) is 110 Å². The van der Waals surface area contributed by atoms with Crippen molar-refractivity contribution in [2.45, 2.75) is 52.2 Å². The number of carbonyl (C=O) groups excluding carboxylic acids is 7. The molecule has 3 aliphatic rings. The first-order valence-electron chi connectivity index (χ1n) is 28.1. The van der Waals surface area contributed by atoms with Crippen LogP contribution < -0.4 is 0 Å². The summed E-state index contributed by atoms with van der Waals surface area (Å²) in [5.74, 6) is -2.56. The van der Waals surface area contributed by atoms with Crippen molar-refractivity contribution in [1.29, 1.82) is 5.26 Å². The van der Waals surface area contributed by atoms with Gasteiger partial charge in [0.2, 0.25) is 5.91 Å². The van der Waals surface area contributed by atoms with Gasteiger partial charge >= 0.3 is 5.91 Å². The summed E-state index contributed by atoms with van der Waals surface area (Å²) in [5.41, 5.74) is 4.43. The van der Waals surface area contributed by atoms with E-state index in [4.69, 9.17) is 18.2 Å². The predicted molar refractivity (Wildman–Crippen MR) is 345 cm³/mol. The first-order valence-corrected chi connectivity index (χ1v) is 30.9. The Morgan fingerprint density at radius 3 is 1.33 bits per heavy atom. The number of thiazole rings is 3. The Hall–Kier alpha value is -9.25. The monoisotopic (exact) mass is 1250 g/mol. The number of benzene rings is 6. The molecule has 0 bridgehead atoms. The molecule has 0 aliphatic carbocycles. The van der Waals surface area contributed by atoms with Crippen LogP contribution >= 0.6 is 45.6 Å². The molecule has 0 saturated carbocycles. The van der Waals surface area contributed by atoms with Gasteiger partial charge in [0.1, 0.15) is 5.01 Å². The maximum Gasteiger partial charge on any atom is 0.303 e. The summed E-state index contributed by atoms with van der Waals surface area (Å²) < 4.78 is 3.60. The van der Waals surface area contributed by atoms with Gasteiger partial charge in [-0.15, -0.1) is 34.0 Å². The molecule has 1 unspecified atom stereocenters. The summed E-state index contributed by atoms with van der Waals surface area (Å²) in [4.78, 5) is 114. The van der Waals surface area contributed by atoms with E-state index in [9.17, 15) is 38.8 Å². The molecule has 18 nitrogen and oxygen atoms in total. The summed E-state index contributed by atoms with van der Waals surface area (Å²) in [5, 5.41) is 10.4. The molecule has 3 aromatic heterocycles. The van der Waals surface area contributed by atoms with Crippen LogP contribution in [0.5, 0.6) is 0 Å². The Bertz CT molecular complexity index is 3920. The normalized spacial score (nSPS) is 16.6. The fourth-order valence-electron chi connectivity index (χ4n) is 10.3. The highest BCUT2D eigenvalue weighted by Crippen LogP contribution is 2.30. The van der Waals surface area contributed by atoms with Crippen LogP contribution in [0.25, 0.3) is 35.5 Å². The Labute approximate surface area is 527 Å². The van der Waals surface area contributed by atoms with Gasteiger partial charge in [-0.25, -0.2) is 21.5 Å². The molecule has 6 aromatic carbocycles. The van der Waals surface area contributed by atoms with Crippen molar-refractivity contribution in [3.05, 3.63) is 206 Å². The molecular formula is C66H64ClN11O7S3. The quantitative estimate of drug-likeness (QED) is 0.0795. The van der Waals surface area contributed by atoms with Gasteiger partial charge in [-0.05, 0) is 93.6 Å². The van der Waals surface area contributed by atoms with E-state index in [1.807, 2.05) is 148 Å². The van der Waals surface area contributed by atoms with E-state index in [-0.39, 0.29) is 66.6 Å². The minimum Gasteiger partial charge on any atom is -0.335 e. The molecular weight excluding hydrogens is 1190 g/mol. The molecule has 12 rings (SSSR count). The largest absolute Gasteiger partial charge is 0.335 e. The zero-order valence-corrected chi connectivity index (χ0v) is 51.1. The topological polar surface area (TPSA) is 206 Å². The van der Waals surface area contributed by atoms with E-state index >= 15 is 0 Å². The lowest BCUT2D eigenvalue weighted by molar-refractivity contribution is -0.135. The highest BCUT2D eigenvalue weighted by atomic mass is 35.5. The summed E-state index contributed by atoms with van der Waals surface area (Å²) >= 11 is 9.81. The minimum absolute atomic E-state index is 0. The van der Waals surface area contributed by atoms with Crippen molar-refractivity contribution in [2.75, 3.05) is 65.4 Å². The van der Waals surface area contributed by atoms with Gasteiger partial charge in [-0.2, -0.15) is 5.26 Å². The van der Waals surface area contributed by atoms with E-state index in [0.717, 1.165) is 30.6 Å². The van der Waals surface area contributed by atoms with Crippen LogP contribution in [-0.4, -0.2) is 169 Å². The van der Waals surface area contributed by atoms with Crippen molar-refractivity contribution >= 4 is 117 Å². The third-order valence-corrected chi connectivity index (χ3v) is 18.0. The van der Waals surface area contributed by atoms with Crippen LogP contribution in [-0.2, 0) is 14.4 Å². The number of hydrogen-bond donors (Lipinski definition) is 0. The summed E-state index contributed by atoms with van der Waals surface area (Å²) in [6.07, 6.45) is 0. The summed E-state index contributed by atoms with van der Waals surface area (Å²) in [6.45, 7) is 16.3. The minimum atomic E-state index is -0.925. The highest BCUT2D eigenvalue weighted by molar-refractivity contribution is 7.22. The van der Waals surface area contributed by atoms with Crippen LogP contribution in [0.1, 0.15) is 80.0 Å². The fraction of sp³-hybridized carbons (Fsp3) is 0.273. The molecule has 3 saturated heterocycles. The van der Waals surface area contributed by atoms with Crippen LogP contribution in [0, 0.1) is 17.9 Å². The van der Waals surface area contributed by atoms with Crippen molar-refractivity contribution in [3.8, 4) is 6.07 Å². The van der Waals surface area contributed by atoms with Crippen LogP contribution in [0.15, 0.2) is 164 Å². The SMILES string of the molecule is C.C[C@@H]1CN(C(=O)c2ccccc2)CCN1C(=O)C(=O)c1nc2ccccc2s1.C[C@@H]1CN(C(=O)c2ccccc2)CCN1C(=O)C(C#N)c1nc2ccccc2s1.Clc1nc2ccccc2s1.[C-]#[N+]CC(=O)N1CCN(C(=O)c2ccccc2)C[C@H]1C. The first-order chi connectivity index (χ1) is 42.1. The number of carbonyl (C=O) groups is 7. The number of nitriles is 1. The Balaban J connectivity index is 0.000000159. The Morgan fingerprint density at radius 1 is 0.534 bits per heavy atom. The number of nitrogens with zero attached hydrogens (tertiary/aromatic N) is 11. The Morgan fingerprint density at radius 2 is 0.920 bits per heavy atom. The maximum absolute atomic E-state index is 13.1. The van der Waals surface area contributed by atoms with Gasteiger partial charge in [0.15, 0.2) is 15.4 Å². The molecule has 0 radical (unpaired) electrons. The van der Waals surface area contributed by atoms with Crippen molar-refractivity contribution in [3.63, 3.8) is 0 Å². The number of halogens is 1. The number of rotatable bonds is 8. The smallest absolute Gasteiger partial charge is 0.303 e. The Kier molecular flexibility index (Phi) is 22.4. The van der Waals surface area contributed by atoms with Gasteiger partial charge in [0, 0.05) is 93.7 Å². The van der Waals surface area contributed by atoms with Crippen LogP contribution in [0.4, 0.5) is 0 Å². The second kappa shape index (κ2) is 30.4. The third-order valence-electron chi connectivity index (χ3n) is 14.8. The molecule has 22 heteroatoms. The number of amides is 6. The second-order valence-corrected chi connectivity index (χ2v) is 24.4. The van der Waals surface area contributed by atoms with E-state index < -0.39 is 17.6 Å². The second-order valence-electron chi connectivity index (χ2n) is 20.7. The zero-order chi connectivity index (χ0) is 61.6. The van der Waals surface area contributed by atoms with E-state index in [1.54, 1.807) is 65.8 Å². The van der Waals surface area contributed by atoms with Gasteiger partial charge in [0.25, 0.3) is 36.0 Å². The highest BCUT2D eigenvalue weighted by Gasteiger charge is 2.37. The molecule has 6 amide bonds. The summed E-state index contributed by atoms with van der Waals surface area (Å²) in [7, 11) is 0. The fourth-order valence-corrected chi connectivity index (χ4v) is 13.2. The number of ketones is 1. The lowest BCUT2D eigenvalue weighted by Crippen LogP contribution is -2.56. The van der Waals surface area contributed by atoms with Gasteiger partial charge in [0.05, 0.1) is 36.7 Å². The number of Topliss-reactive ketones (excluding diaryl/α,β-unsaturated/α-hetero) is 1. The molecule has 88 heavy (non-hydrogen) atoms. The van der Waals surface area contributed by atoms with Crippen molar-refractivity contribution in [2.24, 2.45) is 0 Å². The van der Waals surface area contributed by atoms with Crippen molar-refractivity contribution in [1.82, 2.24) is 44.4 Å². The number of hydrogen-bond acceptors (Lipinski definition) is 14. The first kappa shape index (κ1) is 64.7. The zero-order valence-electron chi connectivity index (χ0n) is 47.8. The number of aromatic nitrogens is 3. The molecule has 4 atom stereocenters. The average Bonchev–Trinajstić information content (AvgIpc) is 4.53. The molecule has 6 heterocycles. The number of piperazine rings is 3.